The zero-order chi connectivity index (χ0) is 20.5. The van der Waals surface area contributed by atoms with Crippen LogP contribution in [0.4, 0.5) is 0 Å². The van der Waals surface area contributed by atoms with Gasteiger partial charge >= 0.3 is 0 Å². The van der Waals surface area contributed by atoms with Crippen molar-refractivity contribution in [2.24, 2.45) is 0 Å². The molecule has 0 bridgehead atoms. The van der Waals surface area contributed by atoms with Gasteiger partial charge in [0.2, 0.25) is 5.91 Å². The lowest BCUT2D eigenvalue weighted by Gasteiger charge is -2.09. The van der Waals surface area contributed by atoms with E-state index in [0.29, 0.717) is 12.2 Å². The number of rotatable bonds is 9. The van der Waals surface area contributed by atoms with Crippen molar-refractivity contribution in [3.63, 3.8) is 0 Å². The van der Waals surface area contributed by atoms with Gasteiger partial charge in [-0.05, 0) is 36.6 Å². The van der Waals surface area contributed by atoms with Crippen molar-refractivity contribution in [2.75, 3.05) is 13.7 Å². The maximum atomic E-state index is 12.1. The highest BCUT2D eigenvalue weighted by Gasteiger charge is 2.07. The molecule has 0 saturated carbocycles. The van der Waals surface area contributed by atoms with E-state index in [1.807, 2.05) is 42.5 Å². The molecule has 29 heavy (non-hydrogen) atoms. The molecule has 3 rings (SSSR count). The van der Waals surface area contributed by atoms with Gasteiger partial charge in [0.25, 0.3) is 5.56 Å². The van der Waals surface area contributed by atoms with Gasteiger partial charge in [0.1, 0.15) is 5.75 Å². The van der Waals surface area contributed by atoms with Gasteiger partial charge in [0.15, 0.2) is 0 Å². The van der Waals surface area contributed by atoms with Gasteiger partial charge in [-0.25, -0.2) is 4.68 Å². The van der Waals surface area contributed by atoms with Crippen LogP contribution in [0.3, 0.4) is 0 Å². The van der Waals surface area contributed by atoms with E-state index >= 15 is 0 Å². The van der Waals surface area contributed by atoms with Crippen molar-refractivity contribution >= 4 is 5.91 Å². The highest BCUT2D eigenvalue weighted by molar-refractivity contribution is 5.75. The normalized spacial score (nSPS) is 10.5. The molecule has 150 valence electrons. The van der Waals surface area contributed by atoms with Crippen molar-refractivity contribution in [3.8, 4) is 17.0 Å². The molecule has 6 nitrogen and oxygen atoms in total. The number of aryl methyl sites for hydroxylation is 2. The van der Waals surface area contributed by atoms with E-state index in [9.17, 15) is 9.59 Å². The molecular weight excluding hydrogens is 366 g/mol. The molecule has 0 unspecified atom stereocenters. The number of aromatic nitrogens is 2. The highest BCUT2D eigenvalue weighted by Crippen LogP contribution is 2.21. The average molecular weight is 391 g/mol. The minimum atomic E-state index is -0.228. The Morgan fingerprint density at radius 2 is 1.90 bits per heavy atom. The number of hydrogen-bond acceptors (Lipinski definition) is 4. The molecule has 0 aliphatic carbocycles. The Morgan fingerprint density at radius 1 is 1.07 bits per heavy atom. The molecule has 0 aliphatic heterocycles. The van der Waals surface area contributed by atoms with Gasteiger partial charge < -0.3 is 10.1 Å². The molecule has 0 atom stereocenters. The van der Waals surface area contributed by atoms with E-state index in [0.717, 1.165) is 24.2 Å². The number of amides is 1. The Balaban J connectivity index is 1.52. The van der Waals surface area contributed by atoms with Gasteiger partial charge in [0, 0.05) is 24.6 Å². The molecule has 0 spiro atoms. The summed E-state index contributed by atoms with van der Waals surface area (Å²) in [4.78, 5) is 24.2. The van der Waals surface area contributed by atoms with Crippen LogP contribution in [0.15, 0.2) is 71.5 Å². The van der Waals surface area contributed by atoms with E-state index in [2.05, 4.69) is 22.5 Å². The summed E-state index contributed by atoms with van der Waals surface area (Å²) in [5.74, 6) is 0.635. The third-order valence-electron chi connectivity index (χ3n) is 4.59. The fourth-order valence-corrected chi connectivity index (χ4v) is 3.01. The van der Waals surface area contributed by atoms with Gasteiger partial charge in [-0.2, -0.15) is 5.10 Å². The molecule has 3 aromatic rings. The summed E-state index contributed by atoms with van der Waals surface area (Å²) in [6.45, 7) is 0.848. The van der Waals surface area contributed by atoms with Crippen molar-refractivity contribution in [3.05, 3.63) is 82.6 Å². The smallest absolute Gasteiger partial charge is 0.266 e. The zero-order valence-corrected chi connectivity index (χ0v) is 16.5. The first-order chi connectivity index (χ1) is 14.2. The first-order valence-electron chi connectivity index (χ1n) is 9.69. The van der Waals surface area contributed by atoms with Crippen LogP contribution in [-0.2, 0) is 17.8 Å². The summed E-state index contributed by atoms with van der Waals surface area (Å²) in [7, 11) is 1.60. The first kappa shape index (κ1) is 20.3. The second-order valence-corrected chi connectivity index (χ2v) is 6.70. The summed E-state index contributed by atoms with van der Waals surface area (Å²) in [6.07, 6.45) is 2.00. The summed E-state index contributed by atoms with van der Waals surface area (Å²) >= 11 is 0. The summed E-state index contributed by atoms with van der Waals surface area (Å²) < 4.78 is 6.57. The standard InChI is InChI=1S/C23H25N3O3/c1-29-20-11-5-10-19(17-20)21-12-13-23(28)26(25-21)16-14-22(27)24-15-6-9-18-7-3-2-4-8-18/h2-5,7-8,10-13,17H,6,9,14-16H2,1H3,(H,24,27). The molecular formula is C23H25N3O3. The number of hydrogen-bond donors (Lipinski definition) is 1. The molecule has 1 amide bonds. The van der Waals surface area contributed by atoms with Crippen LogP contribution in [0.25, 0.3) is 11.3 Å². The van der Waals surface area contributed by atoms with Crippen molar-refractivity contribution in [2.45, 2.75) is 25.8 Å². The predicted octanol–water partition coefficient (Wildman–Crippen LogP) is 3.06. The molecule has 2 aromatic carbocycles. The Bertz CT molecular complexity index is 1000. The topological polar surface area (TPSA) is 73.2 Å². The zero-order valence-electron chi connectivity index (χ0n) is 16.5. The molecule has 0 fully saturated rings. The molecule has 1 aromatic heterocycles. The third-order valence-corrected chi connectivity index (χ3v) is 4.59. The minimum absolute atomic E-state index is 0.0847. The molecule has 1 heterocycles. The SMILES string of the molecule is COc1cccc(-c2ccc(=O)n(CCC(=O)NCCCc3ccccc3)n2)c1. The van der Waals surface area contributed by atoms with Crippen molar-refractivity contribution < 1.29 is 9.53 Å². The Labute approximate surface area is 170 Å². The highest BCUT2D eigenvalue weighted by atomic mass is 16.5. The van der Waals surface area contributed by atoms with Gasteiger partial charge in [0.05, 0.1) is 19.3 Å². The van der Waals surface area contributed by atoms with Gasteiger partial charge in [-0.15, -0.1) is 0 Å². The van der Waals surface area contributed by atoms with E-state index in [1.54, 1.807) is 13.2 Å². The first-order valence-corrected chi connectivity index (χ1v) is 9.69. The van der Waals surface area contributed by atoms with Crippen LogP contribution < -0.4 is 15.6 Å². The van der Waals surface area contributed by atoms with Crippen molar-refractivity contribution in [1.29, 1.82) is 0 Å². The predicted molar refractivity (Wildman–Crippen MR) is 113 cm³/mol. The van der Waals surface area contributed by atoms with Crippen LogP contribution in [0, 0.1) is 0 Å². The van der Waals surface area contributed by atoms with Crippen molar-refractivity contribution in [1.82, 2.24) is 15.1 Å². The van der Waals surface area contributed by atoms with E-state index in [-0.39, 0.29) is 24.4 Å². The van der Waals surface area contributed by atoms with Crippen LogP contribution in [0.2, 0.25) is 0 Å². The molecule has 6 heteroatoms. The van der Waals surface area contributed by atoms with E-state index < -0.39 is 0 Å². The maximum absolute atomic E-state index is 12.1. The number of carbonyl (C=O) groups is 1. The molecule has 0 radical (unpaired) electrons. The third kappa shape index (κ3) is 6.04. The molecule has 0 saturated heterocycles. The van der Waals surface area contributed by atoms with Crippen LogP contribution in [0.1, 0.15) is 18.4 Å². The summed E-state index contributed by atoms with van der Waals surface area (Å²) in [6, 6.07) is 20.8. The number of benzene rings is 2. The second kappa shape index (κ2) is 10.2. The van der Waals surface area contributed by atoms with Gasteiger partial charge in [-0.1, -0.05) is 42.5 Å². The lowest BCUT2D eigenvalue weighted by Crippen LogP contribution is -2.29. The monoisotopic (exact) mass is 391 g/mol. The number of ether oxygens (including phenoxy) is 1. The Hall–Kier alpha value is -3.41. The van der Waals surface area contributed by atoms with Crippen LogP contribution in [-0.4, -0.2) is 29.3 Å². The minimum Gasteiger partial charge on any atom is -0.497 e. The number of nitrogens with one attached hydrogen (secondary N) is 1. The average Bonchev–Trinajstić information content (AvgIpc) is 2.77. The quantitative estimate of drug-likeness (QED) is 0.569. The van der Waals surface area contributed by atoms with E-state index in [1.165, 1.54) is 16.3 Å². The largest absolute Gasteiger partial charge is 0.497 e. The molecule has 1 N–H and O–H groups in total. The van der Waals surface area contributed by atoms with E-state index in [4.69, 9.17) is 4.74 Å². The lowest BCUT2D eigenvalue weighted by molar-refractivity contribution is -0.121. The summed E-state index contributed by atoms with van der Waals surface area (Å²) in [5, 5.41) is 7.30. The number of carbonyl (C=O) groups excluding carboxylic acids is 1. The maximum Gasteiger partial charge on any atom is 0.266 e. The number of nitrogens with zero attached hydrogens (tertiary/aromatic N) is 2. The fraction of sp³-hybridized carbons (Fsp3) is 0.261. The van der Waals surface area contributed by atoms with Crippen LogP contribution in [0.5, 0.6) is 5.75 Å². The Morgan fingerprint density at radius 3 is 2.69 bits per heavy atom. The fourth-order valence-electron chi connectivity index (χ4n) is 3.01. The Kier molecular flexibility index (Phi) is 7.16. The molecule has 0 aliphatic rings. The van der Waals surface area contributed by atoms with Crippen LogP contribution >= 0.6 is 0 Å². The lowest BCUT2D eigenvalue weighted by atomic mass is 10.1. The van der Waals surface area contributed by atoms with Gasteiger partial charge in [-0.3, -0.25) is 9.59 Å². The second-order valence-electron chi connectivity index (χ2n) is 6.70. The summed E-state index contributed by atoms with van der Waals surface area (Å²) in [5.41, 5.74) is 2.54. The number of methoxy groups -OCH3 is 1.